The maximum Gasteiger partial charge on any atom is 0.437 e. The number of aromatic nitrogens is 3. The zero-order chi connectivity index (χ0) is 25.3. The van der Waals surface area contributed by atoms with Gasteiger partial charge in [-0.25, -0.2) is 4.98 Å². The van der Waals surface area contributed by atoms with Crippen LogP contribution in [0.4, 0.5) is 18.9 Å². The number of hydrogen-bond acceptors (Lipinski definition) is 5. The van der Waals surface area contributed by atoms with Crippen LogP contribution < -0.4 is 11.1 Å². The summed E-state index contributed by atoms with van der Waals surface area (Å²) in [6, 6.07) is 15.0. The lowest BCUT2D eigenvalue weighted by Gasteiger charge is -2.11. The van der Waals surface area contributed by atoms with E-state index in [0.29, 0.717) is 10.9 Å². The molecule has 0 fully saturated rings. The van der Waals surface area contributed by atoms with Crippen LogP contribution in [0.1, 0.15) is 37.8 Å². The van der Waals surface area contributed by atoms with Gasteiger partial charge in [0, 0.05) is 10.3 Å². The average Bonchev–Trinajstić information content (AvgIpc) is 3.14. The van der Waals surface area contributed by atoms with Gasteiger partial charge >= 0.3 is 6.18 Å². The van der Waals surface area contributed by atoms with Gasteiger partial charge in [-0.15, -0.1) is 11.8 Å². The third kappa shape index (κ3) is 4.99. The lowest BCUT2D eigenvalue weighted by atomic mass is 10.1. The van der Waals surface area contributed by atoms with Crippen LogP contribution in [-0.2, 0) is 12.7 Å². The molecule has 35 heavy (non-hydrogen) atoms. The van der Waals surface area contributed by atoms with Gasteiger partial charge in [0.2, 0.25) is 0 Å². The number of nitrogens with zero attached hydrogens (tertiary/aromatic N) is 3. The second-order valence-electron chi connectivity index (χ2n) is 7.70. The van der Waals surface area contributed by atoms with Gasteiger partial charge in [-0.2, -0.15) is 18.3 Å². The number of anilines is 1. The van der Waals surface area contributed by atoms with Crippen molar-refractivity contribution in [2.24, 2.45) is 5.73 Å². The van der Waals surface area contributed by atoms with Crippen LogP contribution >= 0.6 is 11.8 Å². The Morgan fingerprint density at radius 1 is 1.11 bits per heavy atom. The Morgan fingerprint density at radius 3 is 2.43 bits per heavy atom. The molecule has 0 unspecified atom stereocenters. The highest BCUT2D eigenvalue weighted by atomic mass is 32.2. The minimum atomic E-state index is -4.81. The number of carbonyl (C=O) groups excluding carboxylic acids is 2. The van der Waals surface area contributed by atoms with E-state index in [1.807, 2.05) is 30.5 Å². The van der Waals surface area contributed by atoms with E-state index < -0.39 is 29.4 Å². The van der Waals surface area contributed by atoms with Gasteiger partial charge in [0.25, 0.3) is 11.8 Å². The minimum Gasteiger partial charge on any atom is -0.364 e. The first-order valence-electron chi connectivity index (χ1n) is 10.4. The summed E-state index contributed by atoms with van der Waals surface area (Å²) >= 11 is 1.55. The molecule has 0 aliphatic heterocycles. The number of alkyl halides is 3. The van der Waals surface area contributed by atoms with E-state index in [2.05, 4.69) is 15.4 Å². The van der Waals surface area contributed by atoms with Crippen molar-refractivity contribution in [2.45, 2.75) is 24.5 Å². The van der Waals surface area contributed by atoms with Crippen LogP contribution in [0.25, 0.3) is 10.9 Å². The quantitative estimate of drug-likeness (QED) is 0.368. The number of carbonyl (C=O) groups is 2. The van der Waals surface area contributed by atoms with E-state index in [4.69, 9.17) is 5.73 Å². The molecule has 180 valence electrons. The lowest BCUT2D eigenvalue weighted by molar-refractivity contribution is -0.140. The summed E-state index contributed by atoms with van der Waals surface area (Å²) in [7, 11) is 0. The zero-order valence-corrected chi connectivity index (χ0v) is 19.5. The fourth-order valence-corrected chi connectivity index (χ4v) is 4.03. The standard InChI is InChI=1S/C24H20F3N5O2S/c1-13-20(21(24(25,26)27)31-32(13)12-14-7-9-15(35-2)10-8-14)30-23(34)17-11-19(22(28)33)29-18-6-4-3-5-16(17)18/h3-11H,12H2,1-2H3,(H2,28,33)(H,30,34). The van der Waals surface area contributed by atoms with Crippen molar-refractivity contribution in [3.8, 4) is 0 Å². The minimum absolute atomic E-state index is 0.0303. The van der Waals surface area contributed by atoms with Crippen molar-refractivity contribution in [3.05, 3.63) is 82.8 Å². The fourth-order valence-electron chi connectivity index (χ4n) is 3.62. The molecular formula is C24H20F3N5O2S. The molecule has 4 aromatic rings. The van der Waals surface area contributed by atoms with Crippen molar-refractivity contribution >= 4 is 40.2 Å². The Morgan fingerprint density at radius 2 is 1.80 bits per heavy atom. The van der Waals surface area contributed by atoms with Gasteiger partial charge in [0.1, 0.15) is 5.69 Å². The molecule has 2 aromatic heterocycles. The number of primary amides is 1. The Labute approximate surface area is 202 Å². The van der Waals surface area contributed by atoms with Crippen LogP contribution in [0.3, 0.4) is 0 Å². The van der Waals surface area contributed by atoms with Gasteiger partial charge in [0.15, 0.2) is 5.69 Å². The second-order valence-corrected chi connectivity index (χ2v) is 8.58. The Bertz CT molecular complexity index is 1430. The average molecular weight is 500 g/mol. The maximum absolute atomic E-state index is 13.9. The summed E-state index contributed by atoms with van der Waals surface area (Å²) in [6.07, 6.45) is -2.88. The third-order valence-electron chi connectivity index (χ3n) is 5.42. The summed E-state index contributed by atoms with van der Waals surface area (Å²) in [5, 5.41) is 6.48. The van der Waals surface area contributed by atoms with Crippen molar-refractivity contribution < 1.29 is 22.8 Å². The Kier molecular flexibility index (Phi) is 6.53. The predicted octanol–water partition coefficient (Wildman–Crippen LogP) is 4.88. The smallest absolute Gasteiger partial charge is 0.364 e. The third-order valence-corrected chi connectivity index (χ3v) is 6.16. The predicted molar refractivity (Wildman–Crippen MR) is 128 cm³/mol. The summed E-state index contributed by atoms with van der Waals surface area (Å²) < 4.78 is 42.8. The van der Waals surface area contributed by atoms with Gasteiger partial charge < -0.3 is 11.1 Å². The van der Waals surface area contributed by atoms with E-state index in [1.54, 1.807) is 36.0 Å². The molecule has 0 atom stereocenters. The van der Waals surface area contributed by atoms with E-state index in [0.717, 1.165) is 10.5 Å². The van der Waals surface area contributed by atoms with Gasteiger partial charge in [-0.3, -0.25) is 14.3 Å². The van der Waals surface area contributed by atoms with Crippen LogP contribution in [0.15, 0.2) is 59.5 Å². The maximum atomic E-state index is 13.9. The largest absolute Gasteiger partial charge is 0.437 e. The first kappa shape index (κ1) is 24.3. The number of thioether (sulfide) groups is 1. The van der Waals surface area contributed by atoms with Crippen molar-refractivity contribution in [3.63, 3.8) is 0 Å². The molecule has 7 nitrogen and oxygen atoms in total. The first-order chi connectivity index (χ1) is 16.6. The van der Waals surface area contributed by atoms with E-state index in [1.165, 1.54) is 17.7 Å². The number of nitrogens with two attached hydrogens (primary N) is 1. The monoisotopic (exact) mass is 499 g/mol. The van der Waals surface area contributed by atoms with Crippen LogP contribution in [0.5, 0.6) is 0 Å². The van der Waals surface area contributed by atoms with Crippen molar-refractivity contribution in [1.29, 1.82) is 0 Å². The van der Waals surface area contributed by atoms with Crippen molar-refractivity contribution in [1.82, 2.24) is 14.8 Å². The molecule has 3 N–H and O–H groups in total. The number of benzene rings is 2. The molecule has 0 radical (unpaired) electrons. The molecule has 2 heterocycles. The normalized spacial score (nSPS) is 11.6. The number of amides is 2. The number of hydrogen-bond donors (Lipinski definition) is 2. The first-order valence-corrected chi connectivity index (χ1v) is 11.6. The number of fused-ring (bicyclic) bond motifs is 1. The second kappa shape index (κ2) is 9.41. The molecule has 11 heteroatoms. The van der Waals surface area contributed by atoms with Gasteiger partial charge in [0.05, 0.1) is 29.0 Å². The number of para-hydroxylation sites is 1. The summed E-state index contributed by atoms with van der Waals surface area (Å²) in [6.45, 7) is 1.54. The fraction of sp³-hybridized carbons (Fsp3) is 0.167. The van der Waals surface area contributed by atoms with Crippen LogP contribution in [0.2, 0.25) is 0 Å². The molecule has 0 saturated carbocycles. The van der Waals surface area contributed by atoms with Crippen molar-refractivity contribution in [2.75, 3.05) is 11.6 Å². The summed E-state index contributed by atoms with van der Waals surface area (Å²) in [4.78, 5) is 30.0. The SMILES string of the molecule is CSc1ccc(Cn2nc(C(F)(F)F)c(NC(=O)c3cc(C(N)=O)nc4ccccc34)c2C)cc1. The highest BCUT2D eigenvalue weighted by Gasteiger charge is 2.39. The molecule has 0 aliphatic rings. The molecule has 0 saturated heterocycles. The highest BCUT2D eigenvalue weighted by molar-refractivity contribution is 7.98. The van der Waals surface area contributed by atoms with Crippen LogP contribution in [-0.4, -0.2) is 32.8 Å². The van der Waals surface area contributed by atoms with Crippen LogP contribution in [0, 0.1) is 6.92 Å². The number of rotatable bonds is 6. The summed E-state index contributed by atoms with van der Waals surface area (Å²) in [5.74, 6) is -1.71. The van der Waals surface area contributed by atoms with E-state index >= 15 is 0 Å². The molecule has 0 spiro atoms. The molecule has 0 aliphatic carbocycles. The molecule has 0 bridgehead atoms. The highest BCUT2D eigenvalue weighted by Crippen LogP contribution is 2.36. The van der Waals surface area contributed by atoms with E-state index in [-0.39, 0.29) is 23.5 Å². The zero-order valence-electron chi connectivity index (χ0n) is 18.7. The number of pyridine rings is 1. The molecule has 4 rings (SSSR count). The molecule has 2 amide bonds. The van der Waals surface area contributed by atoms with Gasteiger partial charge in [-0.1, -0.05) is 30.3 Å². The number of halogens is 3. The Balaban J connectivity index is 1.74. The summed E-state index contributed by atoms with van der Waals surface area (Å²) in [5.41, 5.74) is 4.66. The van der Waals surface area contributed by atoms with E-state index in [9.17, 15) is 22.8 Å². The Hall–Kier alpha value is -3.86. The molecular weight excluding hydrogens is 479 g/mol. The number of nitrogens with one attached hydrogen (secondary N) is 1. The topological polar surface area (TPSA) is 103 Å². The molecule has 2 aromatic carbocycles. The van der Waals surface area contributed by atoms with Gasteiger partial charge in [-0.05, 0) is 43.0 Å². The lowest BCUT2D eigenvalue weighted by Crippen LogP contribution is -2.19.